The van der Waals surface area contributed by atoms with Gasteiger partial charge in [0.25, 0.3) is 0 Å². The summed E-state index contributed by atoms with van der Waals surface area (Å²) in [4.78, 5) is 11.1. The largest absolute Gasteiger partial charge is 0.294 e. The molecule has 0 atom stereocenters. The average molecular weight is 916 g/mol. The average Bonchev–Trinajstić information content (AvgIpc) is 3.88. The highest BCUT2D eigenvalue weighted by Crippen LogP contribution is 2.50. The topological polar surface area (TPSA) is 30.7 Å². The van der Waals surface area contributed by atoms with Gasteiger partial charge in [0, 0.05) is 33.4 Å². The molecule has 0 unspecified atom stereocenters. The summed E-state index contributed by atoms with van der Waals surface area (Å²) < 4.78 is 2.39. The van der Waals surface area contributed by atoms with Crippen LogP contribution >= 0.6 is 0 Å². The Balaban J connectivity index is 1.02. The molecule has 12 aromatic carbocycles. The van der Waals surface area contributed by atoms with Gasteiger partial charge in [0.15, 0.2) is 5.82 Å². The van der Waals surface area contributed by atoms with Crippen molar-refractivity contribution in [1.82, 2.24) is 14.5 Å². The molecule has 2 aromatic heterocycles. The Bertz CT molecular complexity index is 4490. The molecule has 0 saturated carbocycles. The number of hydrogen-bond donors (Lipinski definition) is 0. The summed E-state index contributed by atoms with van der Waals surface area (Å²) in [6.07, 6.45) is 0. The van der Waals surface area contributed by atoms with Crippen molar-refractivity contribution in [2.75, 3.05) is 0 Å². The van der Waals surface area contributed by atoms with Crippen molar-refractivity contribution >= 4 is 75.7 Å². The molecule has 14 aromatic rings. The van der Waals surface area contributed by atoms with Gasteiger partial charge in [-0.3, -0.25) is 4.57 Å². The van der Waals surface area contributed by atoms with Gasteiger partial charge < -0.3 is 0 Å². The summed E-state index contributed by atoms with van der Waals surface area (Å²) >= 11 is 0. The third kappa shape index (κ3) is 6.04. The predicted molar refractivity (Wildman–Crippen MR) is 303 cm³/mol. The Morgan fingerprint density at radius 1 is 0.306 bits per heavy atom. The first-order valence-electron chi connectivity index (χ1n) is 25.0. The van der Waals surface area contributed by atoms with Crippen LogP contribution in [0, 0.1) is 0 Å². The standard InChI is InChI=1S/C69H45N3/c1-69(2)62-29-13-12-26-53(62)54-34-31-47(38-63(54)69)46-30-33-52-57(36-46)50-24-10-11-25-51(50)58-39-61-60-37-45(42-16-4-3-5-17-42)32-35-65(60)72(66(61)40-59(52)58)67-41-64(55-27-14-20-43-18-6-8-22-48(43)55)70-68(71-67)56-28-15-21-44-19-7-9-23-49(44)56/h3-41H,1-2H3. The van der Waals surface area contributed by atoms with Gasteiger partial charge in [-0.15, -0.1) is 0 Å². The minimum absolute atomic E-state index is 0.0810. The van der Waals surface area contributed by atoms with E-state index in [1.54, 1.807) is 0 Å². The van der Waals surface area contributed by atoms with Crippen molar-refractivity contribution in [2.45, 2.75) is 19.3 Å². The molecule has 0 fully saturated rings. The number of fused-ring (bicyclic) bond motifs is 14. The molecule has 3 heteroatoms. The summed E-state index contributed by atoms with van der Waals surface area (Å²) in [7, 11) is 0. The van der Waals surface area contributed by atoms with E-state index in [9.17, 15) is 0 Å². The van der Waals surface area contributed by atoms with Crippen molar-refractivity contribution in [1.29, 1.82) is 0 Å². The Labute approximate surface area is 416 Å². The first kappa shape index (κ1) is 40.7. The summed E-state index contributed by atoms with van der Waals surface area (Å²) in [6.45, 7) is 4.72. The maximum absolute atomic E-state index is 5.62. The maximum atomic E-state index is 5.62. The molecular formula is C69H45N3. The maximum Gasteiger partial charge on any atom is 0.162 e. The first-order valence-corrected chi connectivity index (χ1v) is 25.0. The van der Waals surface area contributed by atoms with Gasteiger partial charge >= 0.3 is 0 Å². The fourth-order valence-electron chi connectivity index (χ4n) is 12.3. The normalized spacial score (nSPS) is 13.0. The molecule has 3 nitrogen and oxygen atoms in total. The highest BCUT2D eigenvalue weighted by Gasteiger charge is 2.35. The number of benzene rings is 12. The molecule has 0 bridgehead atoms. The van der Waals surface area contributed by atoms with Gasteiger partial charge in [-0.25, -0.2) is 9.97 Å². The van der Waals surface area contributed by atoms with E-state index < -0.39 is 0 Å². The Hall–Kier alpha value is -9.18. The van der Waals surface area contributed by atoms with E-state index in [0.29, 0.717) is 5.82 Å². The van der Waals surface area contributed by atoms with Crippen molar-refractivity contribution in [2.24, 2.45) is 0 Å². The lowest BCUT2D eigenvalue weighted by Gasteiger charge is -2.22. The van der Waals surface area contributed by atoms with Crippen LogP contribution in [-0.2, 0) is 5.41 Å². The van der Waals surface area contributed by atoms with Gasteiger partial charge in [0.1, 0.15) is 5.82 Å². The van der Waals surface area contributed by atoms with Crippen LogP contribution in [0.1, 0.15) is 25.0 Å². The third-order valence-corrected chi connectivity index (χ3v) is 15.8. The van der Waals surface area contributed by atoms with E-state index in [-0.39, 0.29) is 5.41 Å². The van der Waals surface area contributed by atoms with Gasteiger partial charge in [0.05, 0.1) is 16.7 Å². The molecule has 0 radical (unpaired) electrons. The third-order valence-electron chi connectivity index (χ3n) is 15.8. The number of nitrogens with zero attached hydrogens (tertiary/aromatic N) is 3. The lowest BCUT2D eigenvalue weighted by atomic mass is 9.81. The van der Waals surface area contributed by atoms with Gasteiger partial charge in [-0.1, -0.05) is 208 Å². The minimum Gasteiger partial charge on any atom is -0.294 e. The summed E-state index contributed by atoms with van der Waals surface area (Å²) in [5, 5.41) is 14.3. The van der Waals surface area contributed by atoms with E-state index in [2.05, 4.69) is 255 Å². The second-order valence-corrected chi connectivity index (χ2v) is 20.1. The molecule has 0 N–H and O–H groups in total. The Kier molecular flexibility index (Phi) is 8.71. The van der Waals surface area contributed by atoms with E-state index >= 15 is 0 Å². The quantitative estimate of drug-likeness (QED) is 0.161. The molecular weight excluding hydrogens is 871 g/mol. The van der Waals surface area contributed by atoms with Crippen molar-refractivity contribution in [3.8, 4) is 61.8 Å². The molecule has 0 spiro atoms. The zero-order chi connectivity index (χ0) is 47.7. The van der Waals surface area contributed by atoms with E-state index in [1.165, 1.54) is 93.0 Å². The van der Waals surface area contributed by atoms with Crippen LogP contribution in [0.2, 0.25) is 0 Å². The van der Waals surface area contributed by atoms with Crippen LogP contribution < -0.4 is 0 Å². The van der Waals surface area contributed by atoms with Gasteiger partial charge in [-0.2, -0.15) is 0 Å². The molecule has 336 valence electrons. The highest BCUT2D eigenvalue weighted by atomic mass is 15.1. The second kappa shape index (κ2) is 15.4. The highest BCUT2D eigenvalue weighted by molar-refractivity contribution is 6.29. The zero-order valence-electron chi connectivity index (χ0n) is 39.9. The lowest BCUT2D eigenvalue weighted by Crippen LogP contribution is -2.14. The number of aromatic nitrogens is 3. The van der Waals surface area contributed by atoms with Crippen LogP contribution in [-0.4, -0.2) is 14.5 Å². The van der Waals surface area contributed by atoms with Crippen LogP contribution in [0.4, 0.5) is 0 Å². The first-order chi connectivity index (χ1) is 35.4. The van der Waals surface area contributed by atoms with Crippen LogP contribution in [0.25, 0.3) is 138 Å². The number of rotatable bonds is 5. The molecule has 2 heterocycles. The van der Waals surface area contributed by atoms with Gasteiger partial charge in [-0.05, 0) is 135 Å². The second-order valence-electron chi connectivity index (χ2n) is 20.1. The van der Waals surface area contributed by atoms with Gasteiger partial charge in [0.2, 0.25) is 0 Å². The van der Waals surface area contributed by atoms with Crippen molar-refractivity contribution in [3.05, 3.63) is 248 Å². The van der Waals surface area contributed by atoms with Crippen LogP contribution in [0.3, 0.4) is 0 Å². The molecule has 15 rings (SSSR count). The molecule has 0 saturated heterocycles. The fraction of sp³-hybridized carbons (Fsp3) is 0.0435. The molecule has 0 aliphatic heterocycles. The summed E-state index contributed by atoms with van der Waals surface area (Å²) in [6, 6.07) is 86.9. The van der Waals surface area contributed by atoms with Crippen LogP contribution in [0.15, 0.2) is 237 Å². The molecule has 72 heavy (non-hydrogen) atoms. The Morgan fingerprint density at radius 3 is 1.62 bits per heavy atom. The molecule has 1 aliphatic rings. The monoisotopic (exact) mass is 915 g/mol. The smallest absolute Gasteiger partial charge is 0.162 e. The van der Waals surface area contributed by atoms with Crippen molar-refractivity contribution < 1.29 is 0 Å². The predicted octanol–water partition coefficient (Wildman–Crippen LogP) is 18.3. The summed E-state index contributed by atoms with van der Waals surface area (Å²) in [5.74, 6) is 1.50. The molecule has 1 aliphatic carbocycles. The fourth-order valence-corrected chi connectivity index (χ4v) is 12.3. The van der Waals surface area contributed by atoms with E-state index in [0.717, 1.165) is 49.8 Å². The zero-order valence-corrected chi connectivity index (χ0v) is 39.9. The minimum atomic E-state index is -0.0810. The number of hydrogen-bond acceptors (Lipinski definition) is 2. The summed E-state index contributed by atoms with van der Waals surface area (Å²) in [5.41, 5.74) is 15.3. The van der Waals surface area contributed by atoms with E-state index in [1.807, 2.05) is 0 Å². The van der Waals surface area contributed by atoms with Crippen molar-refractivity contribution in [3.63, 3.8) is 0 Å². The van der Waals surface area contributed by atoms with E-state index in [4.69, 9.17) is 9.97 Å². The lowest BCUT2D eigenvalue weighted by molar-refractivity contribution is 0.660. The Morgan fingerprint density at radius 2 is 0.833 bits per heavy atom. The van der Waals surface area contributed by atoms with Crippen LogP contribution in [0.5, 0.6) is 0 Å². The SMILES string of the molecule is CC1(C)c2ccccc2-c2ccc(-c3ccc4c(c3)c3ccccc3c3cc5c6cc(-c7ccccc7)ccc6n(-c6cc(-c7cccc8ccccc78)nc(-c7cccc8ccccc78)n6)c5cc43)cc21. The molecule has 0 amide bonds.